The van der Waals surface area contributed by atoms with E-state index < -0.39 is 17.4 Å². The number of non-ortho nitro benzene ring substituents is 1. The molecule has 0 unspecified atom stereocenters. The summed E-state index contributed by atoms with van der Waals surface area (Å²) in [5.74, 6) is -0.551. The number of nitro benzene ring substituents is 1. The highest BCUT2D eigenvalue weighted by molar-refractivity contribution is 5.85. The van der Waals surface area contributed by atoms with Crippen LogP contribution in [-0.2, 0) is 9.59 Å². The summed E-state index contributed by atoms with van der Waals surface area (Å²) in [7, 11) is 2.82. The van der Waals surface area contributed by atoms with Gasteiger partial charge in [-0.05, 0) is 6.07 Å². The maximum Gasteiger partial charge on any atom is 0.273 e. The van der Waals surface area contributed by atoms with Crippen LogP contribution in [0.15, 0.2) is 18.2 Å². The van der Waals surface area contributed by atoms with E-state index in [1.54, 1.807) is 0 Å². The average Bonchev–Trinajstić information content (AvgIpc) is 2.49. The van der Waals surface area contributed by atoms with Crippen LogP contribution < -0.4 is 20.1 Å². The summed E-state index contributed by atoms with van der Waals surface area (Å²) in [6.07, 6.45) is 0. The van der Waals surface area contributed by atoms with Crippen molar-refractivity contribution < 1.29 is 24.0 Å². The third-order valence-electron chi connectivity index (χ3n) is 2.44. The zero-order valence-corrected chi connectivity index (χ0v) is 11.5. The Kier molecular flexibility index (Phi) is 5.93. The van der Waals surface area contributed by atoms with E-state index in [4.69, 9.17) is 9.47 Å². The SMILES string of the molecule is CNC(=O)CNC(=O)COc1cc([N+](=O)[O-])ccc1OC. The molecule has 0 radical (unpaired) electrons. The minimum absolute atomic E-state index is 0.0711. The molecule has 9 nitrogen and oxygen atoms in total. The number of hydrogen-bond donors (Lipinski definition) is 2. The standard InChI is InChI=1S/C12H15N3O6/c1-13-11(16)6-14-12(17)7-21-10-5-8(15(18)19)3-4-9(10)20-2/h3-5H,6-7H2,1-2H3,(H,13,16)(H,14,17). The number of carbonyl (C=O) groups is 2. The second kappa shape index (κ2) is 7.68. The van der Waals surface area contributed by atoms with Crippen LogP contribution in [0.5, 0.6) is 11.5 Å². The van der Waals surface area contributed by atoms with Crippen molar-refractivity contribution in [3.63, 3.8) is 0 Å². The number of nitrogens with one attached hydrogen (secondary N) is 2. The number of likely N-dealkylation sites (N-methyl/N-ethyl adjacent to an activating group) is 1. The van der Waals surface area contributed by atoms with Gasteiger partial charge < -0.3 is 20.1 Å². The lowest BCUT2D eigenvalue weighted by molar-refractivity contribution is -0.385. The predicted octanol–water partition coefficient (Wildman–Crippen LogP) is -0.156. The highest BCUT2D eigenvalue weighted by atomic mass is 16.6. The van der Waals surface area contributed by atoms with Crippen LogP contribution >= 0.6 is 0 Å². The maximum atomic E-state index is 11.5. The number of amides is 2. The molecule has 0 aromatic heterocycles. The average molecular weight is 297 g/mol. The van der Waals surface area contributed by atoms with Crippen molar-refractivity contribution in [2.45, 2.75) is 0 Å². The number of carbonyl (C=O) groups excluding carboxylic acids is 2. The Labute approximate surface area is 120 Å². The summed E-state index contributed by atoms with van der Waals surface area (Å²) >= 11 is 0. The monoisotopic (exact) mass is 297 g/mol. The molecular weight excluding hydrogens is 282 g/mol. The number of benzene rings is 1. The molecule has 0 aliphatic rings. The largest absolute Gasteiger partial charge is 0.493 e. The van der Waals surface area contributed by atoms with E-state index in [9.17, 15) is 19.7 Å². The Morgan fingerprint density at radius 2 is 2.00 bits per heavy atom. The van der Waals surface area contributed by atoms with E-state index in [1.165, 1.54) is 26.3 Å². The fourth-order valence-corrected chi connectivity index (χ4v) is 1.35. The molecule has 0 aliphatic carbocycles. The zero-order valence-electron chi connectivity index (χ0n) is 11.5. The van der Waals surface area contributed by atoms with E-state index in [0.29, 0.717) is 0 Å². The smallest absolute Gasteiger partial charge is 0.273 e. The summed E-state index contributed by atoms with van der Waals surface area (Å²) in [5.41, 5.74) is -0.184. The highest BCUT2D eigenvalue weighted by Crippen LogP contribution is 2.30. The van der Waals surface area contributed by atoms with Gasteiger partial charge in [0.2, 0.25) is 5.91 Å². The normalized spacial score (nSPS) is 9.62. The minimum atomic E-state index is -0.585. The third kappa shape index (κ3) is 4.97. The molecule has 0 fully saturated rings. The molecule has 21 heavy (non-hydrogen) atoms. The van der Waals surface area contributed by atoms with E-state index in [2.05, 4.69) is 10.6 Å². The molecular formula is C12H15N3O6. The van der Waals surface area contributed by atoms with Crippen LogP contribution in [0.1, 0.15) is 0 Å². The molecule has 0 aliphatic heterocycles. The summed E-state index contributed by atoms with van der Waals surface area (Å²) in [4.78, 5) is 32.5. The molecule has 0 heterocycles. The number of methoxy groups -OCH3 is 1. The van der Waals surface area contributed by atoms with Gasteiger partial charge >= 0.3 is 0 Å². The number of hydrogen-bond acceptors (Lipinski definition) is 6. The van der Waals surface area contributed by atoms with Gasteiger partial charge in [-0.3, -0.25) is 19.7 Å². The van der Waals surface area contributed by atoms with Crippen LogP contribution in [0.3, 0.4) is 0 Å². The molecule has 2 N–H and O–H groups in total. The van der Waals surface area contributed by atoms with Gasteiger partial charge in [0.05, 0.1) is 24.6 Å². The van der Waals surface area contributed by atoms with Crippen LogP contribution in [0, 0.1) is 10.1 Å². The van der Waals surface area contributed by atoms with Gasteiger partial charge in [-0.1, -0.05) is 0 Å². The van der Waals surface area contributed by atoms with Gasteiger partial charge in [-0.15, -0.1) is 0 Å². The molecule has 0 saturated carbocycles. The molecule has 0 bridgehead atoms. The van der Waals surface area contributed by atoms with Crippen LogP contribution in [0.25, 0.3) is 0 Å². The van der Waals surface area contributed by atoms with Crippen LogP contribution in [0.2, 0.25) is 0 Å². The molecule has 114 valence electrons. The van der Waals surface area contributed by atoms with Gasteiger partial charge in [-0.25, -0.2) is 0 Å². The summed E-state index contributed by atoms with van der Waals surface area (Å²) in [6.45, 7) is -0.570. The Morgan fingerprint density at radius 3 is 2.57 bits per heavy atom. The van der Waals surface area contributed by atoms with Gasteiger partial charge in [0, 0.05) is 13.1 Å². The molecule has 0 spiro atoms. The first-order chi connectivity index (χ1) is 9.97. The van der Waals surface area contributed by atoms with Crippen molar-refractivity contribution in [1.29, 1.82) is 0 Å². The molecule has 1 aromatic carbocycles. The quantitative estimate of drug-likeness (QED) is 0.533. The predicted molar refractivity (Wildman–Crippen MR) is 72.2 cm³/mol. The van der Waals surface area contributed by atoms with E-state index in [1.807, 2.05) is 0 Å². The topological polar surface area (TPSA) is 120 Å². The first kappa shape index (κ1) is 16.2. The fourth-order valence-electron chi connectivity index (χ4n) is 1.35. The number of nitro groups is 1. The second-order valence-corrected chi connectivity index (χ2v) is 3.83. The number of ether oxygens (including phenoxy) is 2. The lowest BCUT2D eigenvalue weighted by Crippen LogP contribution is -2.37. The Morgan fingerprint density at radius 1 is 1.29 bits per heavy atom. The Hall–Kier alpha value is -2.84. The molecule has 1 rings (SSSR count). The lowest BCUT2D eigenvalue weighted by Gasteiger charge is -2.10. The van der Waals surface area contributed by atoms with Crippen molar-refractivity contribution in [2.24, 2.45) is 0 Å². The number of nitrogens with zero attached hydrogens (tertiary/aromatic N) is 1. The molecule has 1 aromatic rings. The van der Waals surface area contributed by atoms with E-state index in [-0.39, 0.29) is 29.6 Å². The molecule has 2 amide bonds. The molecule has 9 heteroatoms. The van der Waals surface area contributed by atoms with Gasteiger partial charge in [0.1, 0.15) is 0 Å². The highest BCUT2D eigenvalue weighted by Gasteiger charge is 2.14. The molecule has 0 atom stereocenters. The van der Waals surface area contributed by atoms with Gasteiger partial charge in [-0.2, -0.15) is 0 Å². The van der Waals surface area contributed by atoms with Crippen LogP contribution in [-0.4, -0.2) is 44.0 Å². The van der Waals surface area contributed by atoms with Crippen molar-refractivity contribution in [2.75, 3.05) is 27.3 Å². The van der Waals surface area contributed by atoms with Crippen molar-refractivity contribution in [1.82, 2.24) is 10.6 Å². The van der Waals surface area contributed by atoms with E-state index in [0.717, 1.165) is 6.07 Å². The summed E-state index contributed by atoms with van der Waals surface area (Å²) in [6, 6.07) is 3.79. The molecule has 0 saturated heterocycles. The Balaban J connectivity index is 2.65. The third-order valence-corrected chi connectivity index (χ3v) is 2.44. The van der Waals surface area contributed by atoms with Crippen molar-refractivity contribution in [3.05, 3.63) is 28.3 Å². The second-order valence-electron chi connectivity index (χ2n) is 3.83. The van der Waals surface area contributed by atoms with Crippen molar-refractivity contribution >= 4 is 17.5 Å². The van der Waals surface area contributed by atoms with E-state index >= 15 is 0 Å². The van der Waals surface area contributed by atoms with Gasteiger partial charge in [0.25, 0.3) is 11.6 Å². The van der Waals surface area contributed by atoms with Gasteiger partial charge in [0.15, 0.2) is 18.1 Å². The minimum Gasteiger partial charge on any atom is -0.493 e. The Bertz CT molecular complexity index is 546. The van der Waals surface area contributed by atoms with Crippen molar-refractivity contribution in [3.8, 4) is 11.5 Å². The van der Waals surface area contributed by atoms with Crippen LogP contribution in [0.4, 0.5) is 5.69 Å². The lowest BCUT2D eigenvalue weighted by atomic mass is 10.3. The summed E-state index contributed by atoms with van der Waals surface area (Å²) in [5, 5.41) is 15.4. The number of rotatable bonds is 7. The zero-order chi connectivity index (χ0) is 15.8. The summed E-state index contributed by atoms with van der Waals surface area (Å²) < 4.78 is 10.2. The maximum absolute atomic E-state index is 11.5. The fraction of sp³-hybridized carbons (Fsp3) is 0.333. The first-order valence-electron chi connectivity index (χ1n) is 5.90. The first-order valence-corrected chi connectivity index (χ1v) is 5.90.